The van der Waals surface area contributed by atoms with Gasteiger partial charge in [-0.1, -0.05) is 19.1 Å². The van der Waals surface area contributed by atoms with Gasteiger partial charge in [-0.2, -0.15) is 0 Å². The Morgan fingerprint density at radius 1 is 1.33 bits per heavy atom. The molecule has 0 aliphatic carbocycles. The van der Waals surface area contributed by atoms with Crippen LogP contribution in [-0.2, 0) is 9.47 Å². The van der Waals surface area contributed by atoms with E-state index in [0.717, 1.165) is 18.4 Å². The molecule has 2 aromatic rings. The molecule has 0 spiro atoms. The molecular formula is C16H22FNO3. The van der Waals surface area contributed by atoms with Gasteiger partial charge in [0.05, 0.1) is 25.9 Å². The van der Waals surface area contributed by atoms with Gasteiger partial charge in [0.2, 0.25) is 0 Å². The first-order chi connectivity index (χ1) is 10.3. The summed E-state index contributed by atoms with van der Waals surface area (Å²) < 4.78 is 29.9. The minimum Gasteiger partial charge on any atom is -0.456 e. The van der Waals surface area contributed by atoms with E-state index in [0.29, 0.717) is 31.2 Å². The maximum absolute atomic E-state index is 13.7. The molecular weight excluding hydrogens is 273 g/mol. The lowest BCUT2D eigenvalue weighted by Gasteiger charge is -2.16. The summed E-state index contributed by atoms with van der Waals surface area (Å²) in [5.41, 5.74) is 0.299. The number of rotatable bonds is 9. The predicted octanol–water partition coefficient (Wildman–Crippen LogP) is 3.28. The largest absolute Gasteiger partial charge is 0.456 e. The van der Waals surface area contributed by atoms with Gasteiger partial charge in [0.1, 0.15) is 5.76 Å². The summed E-state index contributed by atoms with van der Waals surface area (Å²) in [5, 5.41) is 4.13. The van der Waals surface area contributed by atoms with E-state index < -0.39 is 0 Å². The summed E-state index contributed by atoms with van der Waals surface area (Å²) >= 11 is 0. The van der Waals surface area contributed by atoms with Crippen LogP contribution in [-0.4, -0.2) is 33.5 Å². The monoisotopic (exact) mass is 295 g/mol. The second-order valence-corrected chi connectivity index (χ2v) is 4.88. The van der Waals surface area contributed by atoms with Crippen LogP contribution >= 0.6 is 0 Å². The molecule has 1 atom stereocenters. The highest BCUT2D eigenvalue weighted by Crippen LogP contribution is 2.26. The number of methoxy groups -OCH3 is 1. The molecule has 0 amide bonds. The van der Waals surface area contributed by atoms with Crippen molar-refractivity contribution in [3.05, 3.63) is 35.8 Å². The van der Waals surface area contributed by atoms with Crippen LogP contribution in [0.1, 0.15) is 25.1 Å². The summed E-state index contributed by atoms with van der Waals surface area (Å²) in [6, 6.07) is 6.70. The number of halogens is 1. The van der Waals surface area contributed by atoms with Gasteiger partial charge in [0, 0.05) is 12.5 Å². The van der Waals surface area contributed by atoms with Gasteiger partial charge in [-0.3, -0.25) is 0 Å². The number of nitrogens with one attached hydrogen (secondary N) is 1. The highest BCUT2D eigenvalue weighted by Gasteiger charge is 2.17. The fourth-order valence-corrected chi connectivity index (χ4v) is 2.12. The summed E-state index contributed by atoms with van der Waals surface area (Å²) in [7, 11) is 1.64. The molecule has 0 saturated heterocycles. The lowest BCUT2D eigenvalue weighted by atomic mass is 10.2. The molecule has 0 fully saturated rings. The summed E-state index contributed by atoms with van der Waals surface area (Å²) in [6.07, 6.45) is 1.00. The molecule has 2 rings (SSSR count). The van der Waals surface area contributed by atoms with E-state index in [4.69, 9.17) is 13.9 Å². The zero-order chi connectivity index (χ0) is 15.1. The Balaban J connectivity index is 2.11. The molecule has 0 aliphatic rings. The molecule has 4 nitrogen and oxygen atoms in total. The molecule has 1 aromatic heterocycles. The lowest BCUT2D eigenvalue weighted by molar-refractivity contribution is 0.0557. The molecule has 0 saturated carbocycles. The summed E-state index contributed by atoms with van der Waals surface area (Å²) in [6.45, 7) is 4.47. The third kappa shape index (κ3) is 4.27. The minimum absolute atomic E-state index is 0.0893. The fraction of sp³-hybridized carbons (Fsp3) is 0.500. The van der Waals surface area contributed by atoms with Gasteiger partial charge in [-0.05, 0) is 25.1 Å². The zero-order valence-corrected chi connectivity index (χ0v) is 12.5. The highest BCUT2D eigenvalue weighted by molar-refractivity contribution is 5.78. The average Bonchev–Trinajstić information content (AvgIpc) is 2.92. The van der Waals surface area contributed by atoms with E-state index >= 15 is 0 Å². The molecule has 21 heavy (non-hydrogen) atoms. The van der Waals surface area contributed by atoms with E-state index in [1.54, 1.807) is 13.2 Å². The van der Waals surface area contributed by atoms with Crippen LogP contribution in [0.3, 0.4) is 0 Å². The van der Waals surface area contributed by atoms with Crippen molar-refractivity contribution < 1.29 is 18.3 Å². The summed E-state index contributed by atoms with van der Waals surface area (Å²) in [5.74, 6) is 0.356. The third-order valence-corrected chi connectivity index (χ3v) is 3.22. The quantitative estimate of drug-likeness (QED) is 0.721. The molecule has 1 N–H and O–H groups in total. The van der Waals surface area contributed by atoms with Gasteiger partial charge in [-0.15, -0.1) is 0 Å². The Labute approximate surface area is 124 Å². The first kappa shape index (κ1) is 15.9. The first-order valence-corrected chi connectivity index (χ1v) is 7.24. The lowest BCUT2D eigenvalue weighted by Crippen LogP contribution is -2.26. The Morgan fingerprint density at radius 2 is 2.19 bits per heavy atom. The van der Waals surface area contributed by atoms with Gasteiger partial charge in [0.25, 0.3) is 0 Å². The molecule has 1 aromatic carbocycles. The third-order valence-electron chi connectivity index (χ3n) is 3.22. The Hall–Kier alpha value is -1.43. The summed E-state index contributed by atoms with van der Waals surface area (Å²) in [4.78, 5) is 0. The molecule has 116 valence electrons. The number of furan rings is 1. The maximum Gasteiger partial charge on any atom is 0.169 e. The van der Waals surface area contributed by atoms with Crippen LogP contribution in [0.25, 0.3) is 11.0 Å². The van der Waals surface area contributed by atoms with Crippen molar-refractivity contribution in [2.45, 2.75) is 19.4 Å². The number of hydrogen-bond donors (Lipinski definition) is 1. The number of ether oxygens (including phenoxy) is 2. The average molecular weight is 295 g/mol. The highest BCUT2D eigenvalue weighted by atomic mass is 19.1. The zero-order valence-electron chi connectivity index (χ0n) is 12.5. The van der Waals surface area contributed by atoms with Crippen LogP contribution in [0.4, 0.5) is 4.39 Å². The Bertz CT molecular complexity index is 555. The second kappa shape index (κ2) is 8.12. The van der Waals surface area contributed by atoms with Gasteiger partial charge >= 0.3 is 0 Å². The van der Waals surface area contributed by atoms with E-state index in [1.165, 1.54) is 6.07 Å². The van der Waals surface area contributed by atoms with Crippen LogP contribution < -0.4 is 5.32 Å². The number of benzene rings is 1. The van der Waals surface area contributed by atoms with Crippen molar-refractivity contribution in [1.29, 1.82) is 0 Å². The van der Waals surface area contributed by atoms with Crippen molar-refractivity contribution >= 4 is 11.0 Å². The predicted molar refractivity (Wildman–Crippen MR) is 79.9 cm³/mol. The van der Waals surface area contributed by atoms with Crippen LogP contribution in [0.15, 0.2) is 28.7 Å². The van der Waals surface area contributed by atoms with E-state index in [2.05, 4.69) is 12.2 Å². The number of hydrogen-bond acceptors (Lipinski definition) is 4. The Morgan fingerprint density at radius 3 is 2.90 bits per heavy atom. The fourth-order valence-electron chi connectivity index (χ4n) is 2.12. The standard InChI is InChI=1S/C16H22FNO3/c1-3-7-18-14(11-20-9-8-19-2)15-10-12-5-4-6-13(17)16(12)21-15/h4-6,10,14,18H,3,7-9,11H2,1-2H3. The van der Waals surface area contributed by atoms with Crippen LogP contribution in [0, 0.1) is 5.82 Å². The molecule has 0 aliphatic heterocycles. The molecule has 1 unspecified atom stereocenters. The normalized spacial score (nSPS) is 12.9. The second-order valence-electron chi connectivity index (χ2n) is 4.88. The first-order valence-electron chi connectivity index (χ1n) is 7.24. The van der Waals surface area contributed by atoms with Crippen molar-refractivity contribution in [3.63, 3.8) is 0 Å². The van der Waals surface area contributed by atoms with E-state index in [9.17, 15) is 4.39 Å². The van der Waals surface area contributed by atoms with Crippen molar-refractivity contribution in [2.75, 3.05) is 33.5 Å². The van der Waals surface area contributed by atoms with Crippen LogP contribution in [0.2, 0.25) is 0 Å². The topological polar surface area (TPSA) is 43.6 Å². The smallest absolute Gasteiger partial charge is 0.169 e. The SMILES string of the molecule is CCCNC(COCCOC)c1cc2cccc(F)c2o1. The minimum atomic E-state index is -0.340. The number of fused-ring (bicyclic) bond motifs is 1. The van der Waals surface area contributed by atoms with E-state index in [1.807, 2.05) is 12.1 Å². The molecule has 0 bridgehead atoms. The maximum atomic E-state index is 13.7. The molecule has 5 heteroatoms. The van der Waals surface area contributed by atoms with Gasteiger partial charge in [-0.25, -0.2) is 4.39 Å². The van der Waals surface area contributed by atoms with Gasteiger partial charge < -0.3 is 19.2 Å². The van der Waals surface area contributed by atoms with E-state index in [-0.39, 0.29) is 11.9 Å². The van der Waals surface area contributed by atoms with Crippen molar-refractivity contribution in [2.24, 2.45) is 0 Å². The van der Waals surface area contributed by atoms with Crippen molar-refractivity contribution in [1.82, 2.24) is 5.32 Å². The Kier molecular flexibility index (Phi) is 6.17. The molecule has 0 radical (unpaired) electrons. The van der Waals surface area contributed by atoms with Gasteiger partial charge in [0.15, 0.2) is 11.4 Å². The number of para-hydroxylation sites is 1. The van der Waals surface area contributed by atoms with Crippen molar-refractivity contribution in [3.8, 4) is 0 Å². The van der Waals surface area contributed by atoms with Crippen LogP contribution in [0.5, 0.6) is 0 Å². The molecule has 1 heterocycles.